The van der Waals surface area contributed by atoms with Gasteiger partial charge in [0.2, 0.25) is 0 Å². The summed E-state index contributed by atoms with van der Waals surface area (Å²) in [5.74, 6) is 1.06. The lowest BCUT2D eigenvalue weighted by Gasteiger charge is -2.14. The van der Waals surface area contributed by atoms with Crippen molar-refractivity contribution in [3.05, 3.63) is 28.8 Å². The molecule has 0 radical (unpaired) electrons. The summed E-state index contributed by atoms with van der Waals surface area (Å²) >= 11 is 0. The monoisotopic (exact) mass is 235 g/mol. The van der Waals surface area contributed by atoms with Crippen LogP contribution in [0.4, 0.5) is 0 Å². The van der Waals surface area contributed by atoms with Crippen molar-refractivity contribution in [2.24, 2.45) is 0 Å². The molecule has 2 nitrogen and oxygen atoms in total. The van der Waals surface area contributed by atoms with E-state index in [1.165, 1.54) is 16.7 Å². The minimum atomic E-state index is 0.568. The van der Waals surface area contributed by atoms with Crippen LogP contribution >= 0.6 is 0 Å². The predicted octanol–water partition coefficient (Wildman–Crippen LogP) is 3.38. The maximum atomic E-state index is 5.89. The molecule has 0 aliphatic rings. The SMILES string of the molecule is CNC(C)CCCOc1c(C)cc(C)cc1C. The van der Waals surface area contributed by atoms with Gasteiger partial charge in [0, 0.05) is 6.04 Å². The lowest BCUT2D eigenvalue weighted by atomic mass is 10.1. The van der Waals surface area contributed by atoms with E-state index in [0.717, 1.165) is 25.2 Å². The summed E-state index contributed by atoms with van der Waals surface area (Å²) < 4.78 is 5.89. The second-order valence-electron chi connectivity index (χ2n) is 4.91. The second kappa shape index (κ2) is 6.65. The van der Waals surface area contributed by atoms with Crippen LogP contribution in [0.1, 0.15) is 36.5 Å². The molecule has 0 aromatic heterocycles. The van der Waals surface area contributed by atoms with Gasteiger partial charge in [0.05, 0.1) is 6.61 Å². The van der Waals surface area contributed by atoms with Crippen LogP contribution in [0, 0.1) is 20.8 Å². The fourth-order valence-electron chi connectivity index (χ4n) is 2.10. The van der Waals surface area contributed by atoms with Gasteiger partial charge in [-0.05, 0) is 58.7 Å². The highest BCUT2D eigenvalue weighted by Gasteiger charge is 2.05. The average Bonchev–Trinajstić information content (AvgIpc) is 2.26. The molecule has 0 heterocycles. The number of nitrogens with one attached hydrogen (secondary N) is 1. The van der Waals surface area contributed by atoms with Crippen molar-refractivity contribution in [1.29, 1.82) is 0 Å². The Balaban J connectivity index is 2.47. The zero-order valence-electron chi connectivity index (χ0n) is 11.8. The zero-order chi connectivity index (χ0) is 12.8. The normalized spacial score (nSPS) is 12.5. The Morgan fingerprint density at radius 2 is 1.76 bits per heavy atom. The van der Waals surface area contributed by atoms with Crippen molar-refractivity contribution >= 4 is 0 Å². The number of rotatable bonds is 6. The Morgan fingerprint density at radius 3 is 2.29 bits per heavy atom. The van der Waals surface area contributed by atoms with E-state index in [4.69, 9.17) is 4.74 Å². The topological polar surface area (TPSA) is 21.3 Å². The van der Waals surface area contributed by atoms with E-state index in [2.05, 4.69) is 45.1 Å². The molecule has 1 rings (SSSR count). The molecule has 0 fully saturated rings. The lowest BCUT2D eigenvalue weighted by molar-refractivity contribution is 0.296. The smallest absolute Gasteiger partial charge is 0.125 e. The van der Waals surface area contributed by atoms with Crippen LogP contribution in [-0.4, -0.2) is 19.7 Å². The Bertz CT molecular complexity index is 337. The first-order valence-corrected chi connectivity index (χ1v) is 6.42. The minimum absolute atomic E-state index is 0.568. The van der Waals surface area contributed by atoms with Gasteiger partial charge in [-0.1, -0.05) is 17.7 Å². The van der Waals surface area contributed by atoms with Crippen LogP contribution in [0.2, 0.25) is 0 Å². The van der Waals surface area contributed by atoms with E-state index >= 15 is 0 Å². The van der Waals surface area contributed by atoms with Crippen LogP contribution in [-0.2, 0) is 0 Å². The Morgan fingerprint density at radius 1 is 1.18 bits per heavy atom. The van der Waals surface area contributed by atoms with Crippen LogP contribution in [0.15, 0.2) is 12.1 Å². The minimum Gasteiger partial charge on any atom is -0.493 e. The molecule has 0 bridgehead atoms. The summed E-state index contributed by atoms with van der Waals surface area (Å²) in [4.78, 5) is 0. The van der Waals surface area contributed by atoms with Crippen LogP contribution < -0.4 is 10.1 Å². The van der Waals surface area contributed by atoms with Gasteiger partial charge in [-0.2, -0.15) is 0 Å². The highest BCUT2D eigenvalue weighted by atomic mass is 16.5. The molecule has 17 heavy (non-hydrogen) atoms. The van der Waals surface area contributed by atoms with Crippen molar-refractivity contribution in [3.63, 3.8) is 0 Å². The first-order chi connectivity index (χ1) is 8.04. The molecule has 0 saturated carbocycles. The number of ether oxygens (including phenoxy) is 1. The highest BCUT2D eigenvalue weighted by Crippen LogP contribution is 2.24. The molecule has 1 N–H and O–H groups in total. The molecule has 96 valence electrons. The summed E-state index contributed by atoms with van der Waals surface area (Å²) in [5.41, 5.74) is 3.78. The van der Waals surface area contributed by atoms with Crippen molar-refractivity contribution in [3.8, 4) is 5.75 Å². The van der Waals surface area contributed by atoms with Gasteiger partial charge >= 0.3 is 0 Å². The molecule has 0 spiro atoms. The molecule has 0 saturated heterocycles. The number of benzene rings is 1. The molecule has 0 amide bonds. The zero-order valence-corrected chi connectivity index (χ0v) is 11.8. The van der Waals surface area contributed by atoms with E-state index in [9.17, 15) is 0 Å². The molecule has 1 unspecified atom stereocenters. The number of hydrogen-bond donors (Lipinski definition) is 1. The fourth-order valence-corrected chi connectivity index (χ4v) is 2.10. The molecular weight excluding hydrogens is 210 g/mol. The standard InChI is InChI=1S/C15H25NO/c1-11-9-12(2)15(13(3)10-11)17-8-6-7-14(4)16-5/h9-10,14,16H,6-8H2,1-5H3. The Kier molecular flexibility index (Phi) is 5.49. The first kappa shape index (κ1) is 14.0. The highest BCUT2D eigenvalue weighted by molar-refractivity contribution is 5.42. The van der Waals surface area contributed by atoms with Gasteiger partial charge in [-0.3, -0.25) is 0 Å². The van der Waals surface area contributed by atoms with Crippen LogP contribution in [0.25, 0.3) is 0 Å². The molecule has 0 aliphatic heterocycles. The van der Waals surface area contributed by atoms with Gasteiger partial charge in [0.1, 0.15) is 5.75 Å². The van der Waals surface area contributed by atoms with Gasteiger partial charge in [0.25, 0.3) is 0 Å². The van der Waals surface area contributed by atoms with E-state index in [-0.39, 0.29) is 0 Å². The summed E-state index contributed by atoms with van der Waals surface area (Å²) in [5, 5.41) is 3.24. The molecule has 1 atom stereocenters. The molecule has 1 aromatic rings. The van der Waals surface area contributed by atoms with Gasteiger partial charge in [-0.25, -0.2) is 0 Å². The average molecular weight is 235 g/mol. The Hall–Kier alpha value is -1.02. The van der Waals surface area contributed by atoms with E-state index < -0.39 is 0 Å². The van der Waals surface area contributed by atoms with Crippen molar-refractivity contribution in [1.82, 2.24) is 5.32 Å². The van der Waals surface area contributed by atoms with Gasteiger partial charge in [-0.15, -0.1) is 0 Å². The Labute approximate surface area is 105 Å². The maximum absolute atomic E-state index is 5.89. The fraction of sp³-hybridized carbons (Fsp3) is 0.600. The van der Waals surface area contributed by atoms with E-state index in [1.54, 1.807) is 0 Å². The molecule has 2 heteroatoms. The first-order valence-electron chi connectivity index (χ1n) is 6.42. The van der Waals surface area contributed by atoms with Crippen molar-refractivity contribution < 1.29 is 4.74 Å². The quantitative estimate of drug-likeness (QED) is 0.763. The van der Waals surface area contributed by atoms with Gasteiger partial charge in [0.15, 0.2) is 0 Å². The molecule has 1 aromatic carbocycles. The van der Waals surface area contributed by atoms with Crippen molar-refractivity contribution in [2.45, 2.75) is 46.6 Å². The third kappa shape index (κ3) is 4.39. The van der Waals surface area contributed by atoms with Crippen LogP contribution in [0.5, 0.6) is 5.75 Å². The van der Waals surface area contributed by atoms with Crippen molar-refractivity contribution in [2.75, 3.05) is 13.7 Å². The second-order valence-corrected chi connectivity index (χ2v) is 4.91. The number of aryl methyl sites for hydroxylation is 3. The molecule has 0 aliphatic carbocycles. The third-order valence-corrected chi connectivity index (χ3v) is 3.13. The largest absolute Gasteiger partial charge is 0.493 e. The summed E-state index contributed by atoms with van der Waals surface area (Å²) in [7, 11) is 2.00. The van der Waals surface area contributed by atoms with Gasteiger partial charge < -0.3 is 10.1 Å². The summed E-state index contributed by atoms with van der Waals surface area (Å²) in [6.45, 7) is 9.36. The lowest BCUT2D eigenvalue weighted by Crippen LogP contribution is -2.21. The van der Waals surface area contributed by atoms with E-state index in [0.29, 0.717) is 6.04 Å². The molecular formula is C15H25NO. The van der Waals surface area contributed by atoms with Crippen LogP contribution in [0.3, 0.4) is 0 Å². The predicted molar refractivity (Wildman–Crippen MR) is 73.9 cm³/mol. The van der Waals surface area contributed by atoms with E-state index in [1.807, 2.05) is 7.05 Å². The summed E-state index contributed by atoms with van der Waals surface area (Å²) in [6.07, 6.45) is 2.25. The third-order valence-electron chi connectivity index (χ3n) is 3.13. The number of hydrogen-bond acceptors (Lipinski definition) is 2. The summed E-state index contributed by atoms with van der Waals surface area (Å²) in [6, 6.07) is 4.93. The maximum Gasteiger partial charge on any atom is 0.125 e.